The van der Waals surface area contributed by atoms with Crippen LogP contribution in [-0.4, -0.2) is 53.7 Å². The quantitative estimate of drug-likeness (QED) is 0.732. The third-order valence-electron chi connectivity index (χ3n) is 6.19. The Kier molecular flexibility index (Phi) is 7.00. The first-order chi connectivity index (χ1) is 15.6. The number of piperidine rings is 1. The predicted octanol–water partition coefficient (Wildman–Crippen LogP) is 3.81. The zero-order chi connectivity index (χ0) is 22.3. The van der Waals surface area contributed by atoms with Gasteiger partial charge in [-0.05, 0) is 61.6 Å². The normalized spacial score (nSPS) is 17.0. The first kappa shape index (κ1) is 21.8. The van der Waals surface area contributed by atoms with Gasteiger partial charge in [0.2, 0.25) is 11.8 Å². The van der Waals surface area contributed by atoms with Crippen molar-refractivity contribution < 1.29 is 14.4 Å². The topological polar surface area (TPSA) is 69.7 Å². The average Bonchev–Trinajstić information content (AvgIpc) is 3.38. The van der Waals surface area contributed by atoms with Gasteiger partial charge in [0.15, 0.2) is 0 Å². The molecule has 6 nitrogen and oxygen atoms in total. The highest BCUT2D eigenvalue weighted by Gasteiger charge is 2.27. The van der Waals surface area contributed by atoms with Crippen LogP contribution in [0, 0.1) is 5.92 Å². The largest absolute Gasteiger partial charge is 0.339 e. The molecule has 0 unspecified atom stereocenters. The van der Waals surface area contributed by atoms with Crippen molar-refractivity contribution in [3.05, 3.63) is 71.8 Å². The lowest BCUT2D eigenvalue weighted by molar-refractivity contribution is -0.130. The summed E-state index contributed by atoms with van der Waals surface area (Å²) in [7, 11) is 0. The SMILES string of the molecule is O=C(Nc1ccc(C(=O)N2CCCC2)cc1)C1CCN(C(=O)/C=C/c2ccccc2)CC1. The minimum Gasteiger partial charge on any atom is -0.339 e. The number of hydrogen-bond donors (Lipinski definition) is 1. The second-order valence-corrected chi connectivity index (χ2v) is 8.41. The smallest absolute Gasteiger partial charge is 0.253 e. The lowest BCUT2D eigenvalue weighted by atomic mass is 9.95. The number of rotatable bonds is 5. The van der Waals surface area contributed by atoms with E-state index in [9.17, 15) is 14.4 Å². The first-order valence-corrected chi connectivity index (χ1v) is 11.3. The fourth-order valence-corrected chi connectivity index (χ4v) is 4.24. The Bertz CT molecular complexity index is 971. The number of likely N-dealkylation sites (tertiary alicyclic amines) is 2. The molecule has 32 heavy (non-hydrogen) atoms. The summed E-state index contributed by atoms with van der Waals surface area (Å²) in [5.41, 5.74) is 2.33. The molecular weight excluding hydrogens is 402 g/mol. The van der Waals surface area contributed by atoms with Gasteiger partial charge in [-0.25, -0.2) is 0 Å². The molecule has 0 aromatic heterocycles. The van der Waals surface area contributed by atoms with Gasteiger partial charge >= 0.3 is 0 Å². The van der Waals surface area contributed by atoms with Gasteiger partial charge in [0.25, 0.3) is 5.91 Å². The van der Waals surface area contributed by atoms with Crippen molar-refractivity contribution in [1.82, 2.24) is 9.80 Å². The maximum absolute atomic E-state index is 12.7. The summed E-state index contributed by atoms with van der Waals surface area (Å²) in [5.74, 6) is -0.122. The lowest BCUT2D eigenvalue weighted by Crippen LogP contribution is -2.40. The van der Waals surface area contributed by atoms with Crippen molar-refractivity contribution in [2.24, 2.45) is 5.92 Å². The van der Waals surface area contributed by atoms with E-state index in [1.54, 1.807) is 35.2 Å². The average molecular weight is 432 g/mol. The van der Waals surface area contributed by atoms with Crippen LogP contribution in [0.5, 0.6) is 0 Å². The fourth-order valence-electron chi connectivity index (χ4n) is 4.24. The van der Waals surface area contributed by atoms with Crippen molar-refractivity contribution in [2.45, 2.75) is 25.7 Å². The maximum atomic E-state index is 12.7. The fraction of sp³-hybridized carbons (Fsp3) is 0.346. The summed E-state index contributed by atoms with van der Waals surface area (Å²) < 4.78 is 0. The minimum atomic E-state index is -0.122. The third-order valence-corrected chi connectivity index (χ3v) is 6.19. The van der Waals surface area contributed by atoms with Crippen molar-refractivity contribution >= 4 is 29.5 Å². The highest BCUT2D eigenvalue weighted by Crippen LogP contribution is 2.21. The standard InChI is InChI=1S/C26H29N3O3/c30-24(13-8-20-6-2-1-3-7-20)28-18-14-21(15-19-28)25(31)27-23-11-9-22(10-12-23)26(32)29-16-4-5-17-29/h1-3,6-13,21H,4-5,14-19H2,(H,27,31)/b13-8+. The molecule has 3 amide bonds. The summed E-state index contributed by atoms with van der Waals surface area (Å²) in [4.78, 5) is 41.2. The molecule has 0 saturated carbocycles. The number of amides is 3. The van der Waals surface area contributed by atoms with Gasteiger partial charge in [0.1, 0.15) is 0 Å². The number of benzene rings is 2. The monoisotopic (exact) mass is 431 g/mol. The van der Waals surface area contributed by atoms with Crippen LogP contribution in [0.3, 0.4) is 0 Å². The van der Waals surface area contributed by atoms with Crippen LogP contribution in [0.15, 0.2) is 60.7 Å². The van der Waals surface area contributed by atoms with E-state index < -0.39 is 0 Å². The van der Waals surface area contributed by atoms with Crippen molar-refractivity contribution in [2.75, 3.05) is 31.5 Å². The Balaban J connectivity index is 1.25. The molecule has 0 atom stereocenters. The molecule has 2 aromatic carbocycles. The molecule has 2 fully saturated rings. The van der Waals surface area contributed by atoms with Gasteiger partial charge in [-0.2, -0.15) is 0 Å². The molecule has 1 N–H and O–H groups in total. The number of hydrogen-bond acceptors (Lipinski definition) is 3. The predicted molar refractivity (Wildman–Crippen MR) is 125 cm³/mol. The Morgan fingerprint density at radius 3 is 2.12 bits per heavy atom. The lowest BCUT2D eigenvalue weighted by Gasteiger charge is -2.30. The van der Waals surface area contributed by atoms with Crippen LogP contribution in [0.1, 0.15) is 41.6 Å². The molecule has 0 radical (unpaired) electrons. The van der Waals surface area contributed by atoms with Gasteiger partial charge in [-0.1, -0.05) is 30.3 Å². The van der Waals surface area contributed by atoms with Crippen LogP contribution < -0.4 is 5.32 Å². The summed E-state index contributed by atoms with van der Waals surface area (Å²) in [6, 6.07) is 16.8. The number of carbonyl (C=O) groups excluding carboxylic acids is 3. The molecule has 0 bridgehead atoms. The van der Waals surface area contributed by atoms with E-state index in [1.165, 1.54) is 0 Å². The van der Waals surface area contributed by atoms with Crippen molar-refractivity contribution in [3.8, 4) is 0 Å². The summed E-state index contributed by atoms with van der Waals surface area (Å²) >= 11 is 0. The molecule has 2 aliphatic rings. The first-order valence-electron chi connectivity index (χ1n) is 11.3. The summed E-state index contributed by atoms with van der Waals surface area (Å²) in [6.45, 7) is 2.78. The molecule has 166 valence electrons. The van der Waals surface area contributed by atoms with E-state index in [-0.39, 0.29) is 23.6 Å². The summed E-state index contributed by atoms with van der Waals surface area (Å²) in [6.07, 6.45) is 6.83. The van der Waals surface area contributed by atoms with Crippen LogP contribution in [-0.2, 0) is 9.59 Å². The van der Waals surface area contributed by atoms with Crippen LogP contribution in [0.25, 0.3) is 6.08 Å². The van der Waals surface area contributed by atoms with Gasteiger partial charge in [-0.15, -0.1) is 0 Å². The van der Waals surface area contributed by atoms with Crippen LogP contribution >= 0.6 is 0 Å². The molecule has 2 heterocycles. The van der Waals surface area contributed by atoms with Crippen molar-refractivity contribution in [1.29, 1.82) is 0 Å². The molecule has 2 saturated heterocycles. The minimum absolute atomic E-state index is 0.0223. The number of nitrogens with zero attached hydrogens (tertiary/aromatic N) is 2. The number of nitrogens with one attached hydrogen (secondary N) is 1. The Labute approximate surface area is 188 Å². The van der Waals surface area contributed by atoms with Gasteiger partial charge < -0.3 is 15.1 Å². The van der Waals surface area contributed by atoms with E-state index in [0.717, 1.165) is 31.5 Å². The Morgan fingerprint density at radius 2 is 1.47 bits per heavy atom. The highest BCUT2D eigenvalue weighted by molar-refractivity contribution is 5.96. The van der Waals surface area contributed by atoms with Crippen LogP contribution in [0.2, 0.25) is 0 Å². The second-order valence-electron chi connectivity index (χ2n) is 8.41. The van der Waals surface area contributed by atoms with E-state index in [0.29, 0.717) is 37.2 Å². The summed E-state index contributed by atoms with van der Waals surface area (Å²) in [5, 5.41) is 2.96. The van der Waals surface area contributed by atoms with Gasteiger partial charge in [0, 0.05) is 49.4 Å². The van der Waals surface area contributed by atoms with E-state index in [1.807, 2.05) is 41.3 Å². The van der Waals surface area contributed by atoms with E-state index in [2.05, 4.69) is 5.32 Å². The second kappa shape index (κ2) is 10.3. The highest BCUT2D eigenvalue weighted by atomic mass is 16.2. The molecule has 2 aliphatic heterocycles. The van der Waals surface area contributed by atoms with Crippen LogP contribution in [0.4, 0.5) is 5.69 Å². The number of anilines is 1. The maximum Gasteiger partial charge on any atom is 0.253 e. The third kappa shape index (κ3) is 5.44. The Morgan fingerprint density at radius 1 is 0.812 bits per heavy atom. The zero-order valence-electron chi connectivity index (χ0n) is 18.2. The van der Waals surface area contributed by atoms with E-state index in [4.69, 9.17) is 0 Å². The molecular formula is C26H29N3O3. The molecule has 4 rings (SSSR count). The Hall–Kier alpha value is -3.41. The molecule has 0 spiro atoms. The molecule has 2 aromatic rings. The van der Waals surface area contributed by atoms with Gasteiger partial charge in [-0.3, -0.25) is 14.4 Å². The number of carbonyl (C=O) groups is 3. The molecule has 0 aliphatic carbocycles. The van der Waals surface area contributed by atoms with Gasteiger partial charge in [0.05, 0.1) is 0 Å². The van der Waals surface area contributed by atoms with Crippen molar-refractivity contribution in [3.63, 3.8) is 0 Å². The molecule has 6 heteroatoms. The van der Waals surface area contributed by atoms with E-state index >= 15 is 0 Å². The zero-order valence-corrected chi connectivity index (χ0v) is 18.2.